The van der Waals surface area contributed by atoms with Gasteiger partial charge in [-0.3, -0.25) is 4.68 Å². The monoisotopic (exact) mass is 243 g/mol. The first-order valence-corrected chi connectivity index (χ1v) is 6.53. The minimum atomic E-state index is 0.470. The van der Waals surface area contributed by atoms with E-state index in [0.717, 1.165) is 24.3 Å². The quantitative estimate of drug-likeness (QED) is 0.866. The molecule has 3 nitrogen and oxygen atoms in total. The summed E-state index contributed by atoms with van der Waals surface area (Å²) in [5.41, 5.74) is 3.50. The second kappa shape index (κ2) is 5.71. The molecule has 0 aliphatic rings. The van der Waals surface area contributed by atoms with E-state index < -0.39 is 0 Å². The molecule has 0 aliphatic carbocycles. The third-order valence-corrected chi connectivity index (χ3v) is 3.23. The van der Waals surface area contributed by atoms with Gasteiger partial charge < -0.3 is 5.32 Å². The van der Waals surface area contributed by atoms with Crippen LogP contribution in [-0.2, 0) is 6.54 Å². The Morgan fingerprint density at radius 2 is 1.94 bits per heavy atom. The maximum absolute atomic E-state index is 4.57. The molecule has 0 bridgehead atoms. The summed E-state index contributed by atoms with van der Waals surface area (Å²) in [6, 6.07) is 11.0. The Bertz CT molecular complexity index is 485. The molecule has 0 radical (unpaired) electrons. The lowest BCUT2D eigenvalue weighted by molar-refractivity contribution is 0.474. The summed E-state index contributed by atoms with van der Waals surface area (Å²) in [6.07, 6.45) is 3.16. The minimum absolute atomic E-state index is 0.470. The number of benzene rings is 1. The number of aromatic nitrogens is 2. The summed E-state index contributed by atoms with van der Waals surface area (Å²) in [7, 11) is 0. The third-order valence-electron chi connectivity index (χ3n) is 3.23. The van der Waals surface area contributed by atoms with E-state index in [4.69, 9.17) is 0 Å². The number of nitrogens with zero attached hydrogens (tertiary/aromatic N) is 2. The average Bonchev–Trinajstić information content (AvgIpc) is 2.86. The van der Waals surface area contributed by atoms with Crippen LogP contribution in [0, 0.1) is 6.92 Å². The Kier molecular flexibility index (Phi) is 4.03. The maximum atomic E-state index is 4.57. The van der Waals surface area contributed by atoms with Crippen molar-refractivity contribution < 1.29 is 0 Å². The molecule has 0 saturated heterocycles. The van der Waals surface area contributed by atoms with Crippen LogP contribution in [0.2, 0.25) is 0 Å². The Morgan fingerprint density at radius 1 is 1.22 bits per heavy atom. The Hall–Kier alpha value is -1.77. The van der Waals surface area contributed by atoms with Crippen molar-refractivity contribution in [3.63, 3.8) is 0 Å². The summed E-state index contributed by atoms with van der Waals surface area (Å²) in [6.45, 7) is 7.23. The normalized spacial score (nSPS) is 12.4. The molecule has 0 spiro atoms. The van der Waals surface area contributed by atoms with Gasteiger partial charge in [0.2, 0.25) is 0 Å². The molecule has 1 atom stereocenters. The van der Waals surface area contributed by atoms with Gasteiger partial charge in [0.15, 0.2) is 0 Å². The lowest BCUT2D eigenvalue weighted by atomic mass is 10.2. The van der Waals surface area contributed by atoms with Crippen LogP contribution in [-0.4, -0.2) is 9.78 Å². The van der Waals surface area contributed by atoms with Gasteiger partial charge in [-0.05, 0) is 38.5 Å². The molecule has 1 N–H and O–H groups in total. The van der Waals surface area contributed by atoms with Crippen molar-refractivity contribution >= 4 is 5.69 Å². The Morgan fingerprint density at radius 3 is 2.61 bits per heavy atom. The molecule has 0 amide bonds. The van der Waals surface area contributed by atoms with Crippen LogP contribution in [0.1, 0.15) is 37.6 Å². The van der Waals surface area contributed by atoms with Crippen molar-refractivity contribution in [2.24, 2.45) is 0 Å². The molecule has 1 unspecified atom stereocenters. The average molecular weight is 243 g/mol. The smallest absolute Gasteiger partial charge is 0.0815 e. The second-order valence-corrected chi connectivity index (χ2v) is 4.76. The van der Waals surface area contributed by atoms with Gasteiger partial charge in [-0.25, -0.2) is 0 Å². The zero-order valence-corrected chi connectivity index (χ0v) is 11.4. The number of hydrogen-bond acceptors (Lipinski definition) is 2. The van der Waals surface area contributed by atoms with Crippen molar-refractivity contribution in [2.45, 2.75) is 39.8 Å². The molecule has 0 aliphatic heterocycles. The molecule has 0 fully saturated rings. The molecule has 0 saturated carbocycles. The standard InChI is InChI=1S/C15H21N3/c1-4-13(3)18-10-9-15(17-18)11-16-14-7-5-12(2)6-8-14/h5-10,13,16H,4,11H2,1-3H3. The molecule has 3 heteroatoms. The number of anilines is 1. The van der Waals surface area contributed by atoms with Gasteiger partial charge in [-0.1, -0.05) is 24.6 Å². The van der Waals surface area contributed by atoms with Crippen molar-refractivity contribution in [2.75, 3.05) is 5.32 Å². The summed E-state index contributed by atoms with van der Waals surface area (Å²) in [5.74, 6) is 0. The van der Waals surface area contributed by atoms with Crippen molar-refractivity contribution in [1.82, 2.24) is 9.78 Å². The molecule has 2 rings (SSSR count). The summed E-state index contributed by atoms with van der Waals surface area (Å²) < 4.78 is 2.03. The fourth-order valence-corrected chi connectivity index (χ4v) is 1.77. The third kappa shape index (κ3) is 3.13. The van der Waals surface area contributed by atoms with E-state index in [0.29, 0.717) is 6.04 Å². The van der Waals surface area contributed by atoms with Crippen molar-refractivity contribution in [1.29, 1.82) is 0 Å². The molecule has 1 aromatic heterocycles. The molecular formula is C15H21N3. The van der Waals surface area contributed by atoms with Crippen LogP contribution in [0.4, 0.5) is 5.69 Å². The lowest BCUT2D eigenvalue weighted by Gasteiger charge is -2.08. The van der Waals surface area contributed by atoms with Gasteiger partial charge >= 0.3 is 0 Å². The highest BCUT2D eigenvalue weighted by Crippen LogP contribution is 2.12. The van der Waals surface area contributed by atoms with Crippen LogP contribution < -0.4 is 5.32 Å². The molecular weight excluding hydrogens is 222 g/mol. The highest BCUT2D eigenvalue weighted by molar-refractivity contribution is 5.44. The van der Waals surface area contributed by atoms with Crippen LogP contribution >= 0.6 is 0 Å². The van der Waals surface area contributed by atoms with E-state index in [1.54, 1.807) is 0 Å². The predicted octanol–water partition coefficient (Wildman–Crippen LogP) is 3.77. The van der Waals surface area contributed by atoms with Gasteiger partial charge in [0.25, 0.3) is 0 Å². The molecule has 1 heterocycles. The fourth-order valence-electron chi connectivity index (χ4n) is 1.77. The van der Waals surface area contributed by atoms with Gasteiger partial charge in [-0.2, -0.15) is 5.10 Å². The molecule has 2 aromatic rings. The highest BCUT2D eigenvalue weighted by Gasteiger charge is 2.04. The maximum Gasteiger partial charge on any atom is 0.0815 e. The zero-order valence-electron chi connectivity index (χ0n) is 11.4. The Labute approximate surface area is 109 Å². The largest absolute Gasteiger partial charge is 0.379 e. The predicted molar refractivity (Wildman–Crippen MR) is 75.7 cm³/mol. The fraction of sp³-hybridized carbons (Fsp3) is 0.400. The van der Waals surface area contributed by atoms with Gasteiger partial charge in [0.05, 0.1) is 12.2 Å². The lowest BCUT2D eigenvalue weighted by Crippen LogP contribution is -2.06. The van der Waals surface area contributed by atoms with Gasteiger partial charge in [0, 0.05) is 17.9 Å². The van der Waals surface area contributed by atoms with E-state index in [1.807, 2.05) is 4.68 Å². The van der Waals surface area contributed by atoms with Gasteiger partial charge in [0.1, 0.15) is 0 Å². The van der Waals surface area contributed by atoms with Crippen LogP contribution in [0.25, 0.3) is 0 Å². The van der Waals surface area contributed by atoms with Crippen molar-refractivity contribution in [3.8, 4) is 0 Å². The van der Waals surface area contributed by atoms with E-state index >= 15 is 0 Å². The molecule has 96 valence electrons. The van der Waals surface area contributed by atoms with E-state index in [1.165, 1.54) is 5.56 Å². The first kappa shape index (κ1) is 12.7. The van der Waals surface area contributed by atoms with Crippen molar-refractivity contribution in [3.05, 3.63) is 47.8 Å². The molecule has 18 heavy (non-hydrogen) atoms. The highest BCUT2D eigenvalue weighted by atomic mass is 15.3. The van der Waals surface area contributed by atoms with Crippen LogP contribution in [0.15, 0.2) is 36.5 Å². The second-order valence-electron chi connectivity index (χ2n) is 4.76. The van der Waals surface area contributed by atoms with Crippen LogP contribution in [0.3, 0.4) is 0 Å². The number of rotatable bonds is 5. The summed E-state index contributed by atoms with van der Waals surface area (Å²) in [4.78, 5) is 0. The minimum Gasteiger partial charge on any atom is -0.379 e. The number of hydrogen-bond donors (Lipinski definition) is 1. The SMILES string of the molecule is CCC(C)n1ccc(CNc2ccc(C)cc2)n1. The van der Waals surface area contributed by atoms with E-state index in [9.17, 15) is 0 Å². The van der Waals surface area contributed by atoms with E-state index in [2.05, 4.69) is 67.7 Å². The number of nitrogens with one attached hydrogen (secondary N) is 1. The first-order valence-electron chi connectivity index (χ1n) is 6.53. The zero-order chi connectivity index (χ0) is 13.0. The van der Waals surface area contributed by atoms with Crippen LogP contribution in [0.5, 0.6) is 0 Å². The topological polar surface area (TPSA) is 29.9 Å². The van der Waals surface area contributed by atoms with Gasteiger partial charge in [-0.15, -0.1) is 0 Å². The molecule has 1 aromatic carbocycles. The summed E-state index contributed by atoms with van der Waals surface area (Å²) >= 11 is 0. The summed E-state index contributed by atoms with van der Waals surface area (Å²) in [5, 5.41) is 7.95. The van der Waals surface area contributed by atoms with E-state index in [-0.39, 0.29) is 0 Å². The Balaban J connectivity index is 1.94. The number of aryl methyl sites for hydroxylation is 1. The first-order chi connectivity index (χ1) is 8.69.